The van der Waals surface area contributed by atoms with Crippen LogP contribution >= 0.6 is 11.5 Å². The standard InChI is InChI=1S/C14H16N4O3S/c1-3-9(2)21-13(19)11-12(17-18-22-11)16-14(20)15-10-7-5-4-6-8-10/h4-9H,3H2,1-2H3,(H2,15,16,20). The fraction of sp³-hybridized carbons (Fsp3) is 0.286. The summed E-state index contributed by atoms with van der Waals surface area (Å²) in [6.45, 7) is 3.71. The SMILES string of the molecule is CCC(C)OC(=O)c1snnc1NC(=O)Nc1ccccc1. The Morgan fingerprint density at radius 2 is 2.00 bits per heavy atom. The summed E-state index contributed by atoms with van der Waals surface area (Å²) in [7, 11) is 0. The fourth-order valence-corrected chi connectivity index (χ4v) is 2.02. The lowest BCUT2D eigenvalue weighted by atomic mass is 10.3. The summed E-state index contributed by atoms with van der Waals surface area (Å²) in [5.74, 6) is -0.453. The molecule has 2 amide bonds. The van der Waals surface area contributed by atoms with Crippen molar-refractivity contribution in [2.24, 2.45) is 0 Å². The van der Waals surface area contributed by atoms with Gasteiger partial charge in [-0.2, -0.15) is 0 Å². The van der Waals surface area contributed by atoms with Gasteiger partial charge in [0, 0.05) is 5.69 Å². The number of nitrogens with zero attached hydrogens (tertiary/aromatic N) is 2. The highest BCUT2D eigenvalue weighted by Gasteiger charge is 2.21. The van der Waals surface area contributed by atoms with Crippen LogP contribution in [0.2, 0.25) is 0 Å². The molecule has 0 aliphatic rings. The van der Waals surface area contributed by atoms with Crippen molar-refractivity contribution >= 4 is 35.0 Å². The molecule has 1 atom stereocenters. The van der Waals surface area contributed by atoms with Gasteiger partial charge in [0.1, 0.15) is 0 Å². The molecule has 0 radical (unpaired) electrons. The van der Waals surface area contributed by atoms with Crippen LogP contribution in [0.4, 0.5) is 16.3 Å². The van der Waals surface area contributed by atoms with Gasteiger partial charge in [-0.1, -0.05) is 29.6 Å². The molecule has 1 heterocycles. The molecule has 0 aliphatic heterocycles. The number of para-hydroxylation sites is 1. The Balaban J connectivity index is 2.00. The number of rotatable bonds is 5. The van der Waals surface area contributed by atoms with Gasteiger partial charge in [0.25, 0.3) is 0 Å². The third-order valence-corrected chi connectivity index (χ3v) is 3.53. The van der Waals surface area contributed by atoms with Crippen LogP contribution in [-0.2, 0) is 4.74 Å². The Bertz CT molecular complexity index is 645. The maximum atomic E-state index is 12.0. The lowest BCUT2D eigenvalue weighted by Crippen LogP contribution is -2.21. The van der Waals surface area contributed by atoms with Crippen LogP contribution in [0.3, 0.4) is 0 Å². The second-order valence-corrected chi connectivity index (χ2v) is 5.27. The molecule has 1 aromatic carbocycles. The van der Waals surface area contributed by atoms with Gasteiger partial charge in [0.15, 0.2) is 10.7 Å². The second-order valence-electron chi connectivity index (χ2n) is 4.52. The Hall–Kier alpha value is -2.48. The van der Waals surface area contributed by atoms with Crippen molar-refractivity contribution in [1.82, 2.24) is 9.59 Å². The van der Waals surface area contributed by atoms with Crippen molar-refractivity contribution in [2.75, 3.05) is 10.6 Å². The summed E-state index contributed by atoms with van der Waals surface area (Å²) >= 11 is 0.880. The Kier molecular flexibility index (Phi) is 5.42. The number of anilines is 2. The minimum Gasteiger partial charge on any atom is -0.458 e. The zero-order chi connectivity index (χ0) is 15.9. The molecule has 0 saturated carbocycles. The van der Waals surface area contributed by atoms with E-state index < -0.39 is 12.0 Å². The molecule has 0 bridgehead atoms. The molecule has 0 fully saturated rings. The lowest BCUT2D eigenvalue weighted by molar-refractivity contribution is 0.0341. The zero-order valence-corrected chi connectivity index (χ0v) is 13.0. The summed E-state index contributed by atoms with van der Waals surface area (Å²) in [5, 5.41) is 8.88. The van der Waals surface area contributed by atoms with Crippen molar-refractivity contribution in [3.63, 3.8) is 0 Å². The van der Waals surface area contributed by atoms with Gasteiger partial charge in [-0.05, 0) is 37.0 Å². The molecule has 0 aliphatic carbocycles. The third-order valence-electron chi connectivity index (χ3n) is 2.82. The maximum Gasteiger partial charge on any atom is 0.354 e. The molecule has 2 N–H and O–H groups in total. The lowest BCUT2D eigenvalue weighted by Gasteiger charge is -2.10. The van der Waals surface area contributed by atoms with Crippen LogP contribution in [0.5, 0.6) is 0 Å². The maximum absolute atomic E-state index is 12.0. The molecule has 7 nitrogen and oxygen atoms in total. The number of carbonyl (C=O) groups is 2. The van der Waals surface area contributed by atoms with Crippen LogP contribution < -0.4 is 10.6 Å². The number of hydrogen-bond acceptors (Lipinski definition) is 6. The summed E-state index contributed by atoms with van der Waals surface area (Å²) in [6, 6.07) is 8.44. The minimum atomic E-state index is -0.542. The highest BCUT2D eigenvalue weighted by Crippen LogP contribution is 2.19. The number of urea groups is 1. The van der Waals surface area contributed by atoms with Crippen LogP contribution in [0.15, 0.2) is 30.3 Å². The highest BCUT2D eigenvalue weighted by molar-refractivity contribution is 7.08. The smallest absolute Gasteiger partial charge is 0.354 e. The van der Waals surface area contributed by atoms with E-state index in [9.17, 15) is 9.59 Å². The number of hydrogen-bond donors (Lipinski definition) is 2. The number of esters is 1. The summed E-state index contributed by atoms with van der Waals surface area (Å²) in [4.78, 5) is 24.0. The second kappa shape index (κ2) is 7.51. The number of benzene rings is 1. The average molecular weight is 320 g/mol. The van der Waals surface area contributed by atoms with E-state index in [1.54, 1.807) is 31.2 Å². The Morgan fingerprint density at radius 1 is 1.27 bits per heavy atom. The van der Waals surface area contributed by atoms with Crippen LogP contribution in [0.1, 0.15) is 29.9 Å². The third kappa shape index (κ3) is 4.26. The van der Waals surface area contributed by atoms with Gasteiger partial charge in [0.2, 0.25) is 0 Å². The first-order chi connectivity index (χ1) is 10.6. The first-order valence-corrected chi connectivity index (χ1v) is 7.54. The molecule has 1 unspecified atom stereocenters. The molecular formula is C14H16N4O3S. The van der Waals surface area contributed by atoms with Gasteiger partial charge in [0.05, 0.1) is 6.10 Å². The molecule has 8 heteroatoms. The van der Waals surface area contributed by atoms with Crippen molar-refractivity contribution in [1.29, 1.82) is 0 Å². The number of amides is 2. The van der Waals surface area contributed by atoms with Gasteiger partial charge >= 0.3 is 12.0 Å². The van der Waals surface area contributed by atoms with Crippen molar-refractivity contribution < 1.29 is 14.3 Å². The number of carbonyl (C=O) groups excluding carboxylic acids is 2. The molecule has 22 heavy (non-hydrogen) atoms. The number of aromatic nitrogens is 2. The van der Waals surface area contributed by atoms with E-state index in [0.717, 1.165) is 11.5 Å². The Morgan fingerprint density at radius 3 is 2.68 bits per heavy atom. The average Bonchev–Trinajstić information content (AvgIpc) is 2.96. The molecule has 1 aromatic heterocycles. The predicted octanol–water partition coefficient (Wildman–Crippen LogP) is 3.14. The molecular weight excluding hydrogens is 304 g/mol. The van der Waals surface area contributed by atoms with Gasteiger partial charge in [-0.25, -0.2) is 9.59 Å². The van der Waals surface area contributed by atoms with E-state index in [0.29, 0.717) is 12.1 Å². The van der Waals surface area contributed by atoms with E-state index in [2.05, 4.69) is 20.2 Å². The van der Waals surface area contributed by atoms with Gasteiger partial charge in [-0.15, -0.1) is 5.10 Å². The Labute approximate surface area is 131 Å². The zero-order valence-electron chi connectivity index (χ0n) is 12.2. The van der Waals surface area contributed by atoms with E-state index in [1.165, 1.54) is 0 Å². The molecule has 0 spiro atoms. The molecule has 116 valence electrons. The van der Waals surface area contributed by atoms with Crippen molar-refractivity contribution in [3.8, 4) is 0 Å². The predicted molar refractivity (Wildman–Crippen MR) is 84.2 cm³/mol. The monoisotopic (exact) mass is 320 g/mol. The van der Waals surface area contributed by atoms with E-state index in [1.807, 2.05) is 13.0 Å². The van der Waals surface area contributed by atoms with E-state index >= 15 is 0 Å². The van der Waals surface area contributed by atoms with Crippen LogP contribution in [-0.4, -0.2) is 27.7 Å². The van der Waals surface area contributed by atoms with Gasteiger partial charge in [-0.3, -0.25) is 5.32 Å². The minimum absolute atomic E-state index is 0.0896. The first kappa shape index (κ1) is 15.9. The largest absolute Gasteiger partial charge is 0.458 e. The van der Waals surface area contributed by atoms with Crippen LogP contribution in [0.25, 0.3) is 0 Å². The molecule has 2 rings (SSSR count). The van der Waals surface area contributed by atoms with Crippen molar-refractivity contribution in [2.45, 2.75) is 26.4 Å². The molecule has 2 aromatic rings. The number of ether oxygens (including phenoxy) is 1. The molecule has 0 saturated heterocycles. The fourth-order valence-electron chi connectivity index (χ4n) is 1.52. The normalized spacial score (nSPS) is 11.5. The van der Waals surface area contributed by atoms with Crippen molar-refractivity contribution in [3.05, 3.63) is 35.2 Å². The van der Waals surface area contributed by atoms with Gasteiger partial charge < -0.3 is 10.1 Å². The first-order valence-electron chi connectivity index (χ1n) is 6.76. The van der Waals surface area contributed by atoms with E-state index in [-0.39, 0.29) is 16.8 Å². The topological polar surface area (TPSA) is 93.2 Å². The van der Waals surface area contributed by atoms with Crippen LogP contribution in [0, 0.1) is 0 Å². The summed E-state index contributed by atoms with van der Waals surface area (Å²) in [6.07, 6.45) is 0.496. The number of nitrogens with one attached hydrogen (secondary N) is 2. The quantitative estimate of drug-likeness (QED) is 0.826. The summed E-state index contributed by atoms with van der Waals surface area (Å²) in [5.41, 5.74) is 0.631. The highest BCUT2D eigenvalue weighted by atomic mass is 32.1. The summed E-state index contributed by atoms with van der Waals surface area (Å²) < 4.78 is 8.89. The van der Waals surface area contributed by atoms with E-state index in [4.69, 9.17) is 4.74 Å².